The molecule has 34 heavy (non-hydrogen) atoms. The highest BCUT2D eigenvalue weighted by Gasteiger charge is 2.33. The fourth-order valence-electron chi connectivity index (χ4n) is 4.75. The molecule has 0 spiro atoms. The van der Waals surface area contributed by atoms with Gasteiger partial charge in [0.2, 0.25) is 11.8 Å². The van der Waals surface area contributed by atoms with Crippen molar-refractivity contribution >= 4 is 28.8 Å². The maximum atomic E-state index is 13.5. The second-order valence-electron chi connectivity index (χ2n) is 9.11. The Bertz CT molecular complexity index is 1070. The van der Waals surface area contributed by atoms with Crippen LogP contribution in [0.2, 0.25) is 0 Å². The Labute approximate surface area is 206 Å². The van der Waals surface area contributed by atoms with E-state index < -0.39 is 0 Å². The van der Waals surface area contributed by atoms with E-state index in [4.69, 9.17) is 0 Å². The maximum Gasteiger partial charge on any atom is 0.246 e. The Morgan fingerprint density at radius 3 is 2.35 bits per heavy atom. The molecule has 0 bridgehead atoms. The van der Waals surface area contributed by atoms with E-state index in [1.807, 2.05) is 62.4 Å². The molecule has 5 nitrogen and oxygen atoms in total. The van der Waals surface area contributed by atoms with Crippen LogP contribution < -0.4 is 10.6 Å². The molecule has 4 rings (SSSR count). The Balaban J connectivity index is 1.38. The van der Waals surface area contributed by atoms with Crippen LogP contribution in [-0.4, -0.2) is 36.3 Å². The van der Waals surface area contributed by atoms with Crippen molar-refractivity contribution in [1.82, 2.24) is 10.2 Å². The first-order chi connectivity index (χ1) is 16.5. The van der Waals surface area contributed by atoms with Crippen molar-refractivity contribution in [2.45, 2.75) is 39.2 Å². The highest BCUT2D eigenvalue weighted by Crippen LogP contribution is 2.29. The zero-order chi connectivity index (χ0) is 23.9. The predicted molar refractivity (Wildman–Crippen MR) is 139 cm³/mol. The van der Waals surface area contributed by atoms with Gasteiger partial charge in [-0.05, 0) is 86.5 Å². The first-order valence-electron chi connectivity index (χ1n) is 12.0. The molecule has 0 radical (unpaired) electrons. The molecular weight excluding hydrogens is 442 g/mol. The van der Waals surface area contributed by atoms with Crippen LogP contribution in [0.3, 0.4) is 0 Å². The second-order valence-corrected chi connectivity index (χ2v) is 10.1. The lowest BCUT2D eigenvalue weighted by molar-refractivity contribution is -0.127. The second kappa shape index (κ2) is 11.4. The fraction of sp³-hybridized carbons (Fsp3) is 0.357. The topological polar surface area (TPSA) is 61.4 Å². The number of amides is 2. The third-order valence-electron chi connectivity index (χ3n) is 6.37. The van der Waals surface area contributed by atoms with Crippen LogP contribution in [-0.2, 0) is 16.0 Å². The first kappa shape index (κ1) is 24.2. The molecule has 2 heterocycles. The van der Waals surface area contributed by atoms with E-state index in [0.29, 0.717) is 19.6 Å². The fourth-order valence-corrected chi connectivity index (χ4v) is 5.46. The zero-order valence-corrected chi connectivity index (χ0v) is 20.7. The summed E-state index contributed by atoms with van der Waals surface area (Å²) in [6.07, 6.45) is 2.38. The summed E-state index contributed by atoms with van der Waals surface area (Å²) in [5.74, 6) is 0.0979. The molecule has 1 unspecified atom stereocenters. The quantitative estimate of drug-likeness (QED) is 0.476. The smallest absolute Gasteiger partial charge is 0.246 e. The van der Waals surface area contributed by atoms with E-state index in [1.54, 1.807) is 11.3 Å². The number of carbonyl (C=O) groups is 2. The van der Waals surface area contributed by atoms with Gasteiger partial charge < -0.3 is 10.6 Å². The summed E-state index contributed by atoms with van der Waals surface area (Å²) in [5.41, 5.74) is 4.04. The zero-order valence-electron chi connectivity index (χ0n) is 19.9. The summed E-state index contributed by atoms with van der Waals surface area (Å²) < 4.78 is 0. The first-order valence-corrected chi connectivity index (χ1v) is 12.9. The molecule has 1 aromatic heterocycles. The van der Waals surface area contributed by atoms with E-state index >= 15 is 0 Å². The normalized spacial score (nSPS) is 15.6. The number of nitrogens with zero attached hydrogens (tertiary/aromatic N) is 1. The molecule has 1 aliphatic heterocycles. The average molecular weight is 476 g/mol. The van der Waals surface area contributed by atoms with Crippen LogP contribution in [0.15, 0.2) is 66.0 Å². The lowest BCUT2D eigenvalue weighted by Gasteiger charge is -2.36. The molecule has 2 aromatic carbocycles. The van der Waals surface area contributed by atoms with E-state index in [0.717, 1.165) is 41.6 Å². The maximum absolute atomic E-state index is 13.5. The van der Waals surface area contributed by atoms with Gasteiger partial charge in [0.15, 0.2) is 0 Å². The van der Waals surface area contributed by atoms with Gasteiger partial charge in [0.05, 0.1) is 0 Å². The van der Waals surface area contributed by atoms with Crippen molar-refractivity contribution < 1.29 is 9.59 Å². The number of piperidine rings is 1. The van der Waals surface area contributed by atoms with Crippen molar-refractivity contribution in [3.05, 3.63) is 87.6 Å². The number of nitrogens with one attached hydrogen (secondary N) is 2. The molecular formula is C28H33N3O2S. The SMILES string of the molecule is Cc1cc(C)cc(NC(=O)C(c2ccccc2)N2CCC(C(=O)NCCc3cccs3)CC2)c1. The van der Waals surface area contributed by atoms with Crippen LogP contribution >= 0.6 is 11.3 Å². The van der Waals surface area contributed by atoms with Gasteiger partial charge in [-0.3, -0.25) is 14.5 Å². The number of likely N-dealkylation sites (tertiary alicyclic amines) is 1. The number of anilines is 1. The van der Waals surface area contributed by atoms with E-state index in [9.17, 15) is 9.59 Å². The molecule has 6 heteroatoms. The number of hydrogen-bond donors (Lipinski definition) is 2. The van der Waals surface area contributed by atoms with Crippen molar-refractivity contribution in [1.29, 1.82) is 0 Å². The Hall–Kier alpha value is -2.96. The Morgan fingerprint density at radius 1 is 1.00 bits per heavy atom. The van der Waals surface area contributed by atoms with Crippen molar-refractivity contribution in [2.75, 3.05) is 25.0 Å². The minimum atomic E-state index is -0.384. The molecule has 0 saturated carbocycles. The number of carbonyl (C=O) groups excluding carboxylic acids is 2. The van der Waals surface area contributed by atoms with Crippen molar-refractivity contribution in [3.8, 4) is 0 Å². The number of thiophene rings is 1. The lowest BCUT2D eigenvalue weighted by atomic mass is 9.93. The van der Waals surface area contributed by atoms with Crippen LogP contribution in [0.4, 0.5) is 5.69 Å². The molecule has 0 aliphatic carbocycles. The predicted octanol–water partition coefficient (Wildman–Crippen LogP) is 5.12. The third kappa shape index (κ3) is 6.33. The Morgan fingerprint density at radius 2 is 1.71 bits per heavy atom. The van der Waals surface area contributed by atoms with E-state index in [2.05, 4.69) is 33.0 Å². The van der Waals surface area contributed by atoms with Crippen LogP contribution in [0.5, 0.6) is 0 Å². The molecule has 178 valence electrons. The summed E-state index contributed by atoms with van der Waals surface area (Å²) in [7, 11) is 0. The standard InChI is InChI=1S/C28H33N3O2S/c1-20-17-21(2)19-24(18-20)30-28(33)26(22-7-4-3-5-8-22)31-14-11-23(12-15-31)27(32)29-13-10-25-9-6-16-34-25/h3-9,16-19,23,26H,10-15H2,1-2H3,(H,29,32)(H,30,33). The summed E-state index contributed by atoms with van der Waals surface area (Å²) in [4.78, 5) is 29.7. The highest BCUT2D eigenvalue weighted by molar-refractivity contribution is 7.09. The minimum Gasteiger partial charge on any atom is -0.355 e. The van der Waals surface area contributed by atoms with Gasteiger partial charge in [0.1, 0.15) is 6.04 Å². The molecule has 1 atom stereocenters. The molecule has 1 saturated heterocycles. The van der Waals surface area contributed by atoms with Gasteiger partial charge in [0, 0.05) is 23.0 Å². The minimum absolute atomic E-state index is 0.00140. The van der Waals surface area contributed by atoms with Gasteiger partial charge in [-0.25, -0.2) is 0 Å². The highest BCUT2D eigenvalue weighted by atomic mass is 32.1. The molecule has 3 aromatic rings. The molecule has 2 amide bonds. The van der Waals surface area contributed by atoms with Gasteiger partial charge in [-0.15, -0.1) is 11.3 Å². The number of hydrogen-bond acceptors (Lipinski definition) is 4. The number of rotatable bonds is 8. The number of benzene rings is 2. The molecule has 1 fully saturated rings. The third-order valence-corrected chi connectivity index (χ3v) is 7.31. The monoisotopic (exact) mass is 475 g/mol. The molecule has 1 aliphatic rings. The summed E-state index contributed by atoms with van der Waals surface area (Å²) >= 11 is 1.72. The summed E-state index contributed by atoms with van der Waals surface area (Å²) in [5, 5.41) is 8.30. The van der Waals surface area contributed by atoms with Gasteiger partial charge in [-0.2, -0.15) is 0 Å². The largest absolute Gasteiger partial charge is 0.355 e. The van der Waals surface area contributed by atoms with Crippen LogP contribution in [0.1, 0.15) is 40.5 Å². The Kier molecular flexibility index (Phi) is 8.14. The van der Waals surface area contributed by atoms with Crippen molar-refractivity contribution in [3.63, 3.8) is 0 Å². The van der Waals surface area contributed by atoms with E-state index in [1.165, 1.54) is 4.88 Å². The van der Waals surface area contributed by atoms with Crippen molar-refractivity contribution in [2.24, 2.45) is 5.92 Å². The van der Waals surface area contributed by atoms with E-state index in [-0.39, 0.29) is 23.8 Å². The van der Waals surface area contributed by atoms with Gasteiger partial charge in [-0.1, -0.05) is 42.5 Å². The summed E-state index contributed by atoms with van der Waals surface area (Å²) in [6.45, 7) is 6.16. The van der Waals surface area contributed by atoms with Gasteiger partial charge >= 0.3 is 0 Å². The summed E-state index contributed by atoms with van der Waals surface area (Å²) in [6, 6.07) is 19.8. The van der Waals surface area contributed by atoms with Gasteiger partial charge in [0.25, 0.3) is 0 Å². The average Bonchev–Trinajstić information content (AvgIpc) is 3.33. The lowest BCUT2D eigenvalue weighted by Crippen LogP contribution is -2.45. The molecule has 2 N–H and O–H groups in total. The van der Waals surface area contributed by atoms with Crippen LogP contribution in [0, 0.1) is 19.8 Å². The number of aryl methyl sites for hydroxylation is 2. The van der Waals surface area contributed by atoms with Crippen LogP contribution in [0.25, 0.3) is 0 Å².